The molecule has 3 aliphatic rings. The summed E-state index contributed by atoms with van der Waals surface area (Å²) >= 11 is 6.07. The molecule has 3 fully saturated rings. The number of halogens is 2. The van der Waals surface area contributed by atoms with E-state index >= 15 is 4.39 Å². The largest absolute Gasteiger partial charge is 0.351 e. The van der Waals surface area contributed by atoms with Crippen molar-refractivity contribution < 1.29 is 19.2 Å². The van der Waals surface area contributed by atoms with Gasteiger partial charge in [0, 0.05) is 25.7 Å². The highest BCUT2D eigenvalue weighted by Gasteiger charge is 2.33. The average Bonchev–Trinajstić information content (AvgIpc) is 3.50. The van der Waals surface area contributed by atoms with Crippen LogP contribution < -0.4 is 15.8 Å². The fraction of sp³-hybridized carbons (Fsp3) is 0.714. The molecule has 0 spiro atoms. The van der Waals surface area contributed by atoms with Crippen molar-refractivity contribution >= 4 is 35.6 Å². The van der Waals surface area contributed by atoms with E-state index in [-0.39, 0.29) is 29.9 Å². The van der Waals surface area contributed by atoms with Crippen LogP contribution in [0.1, 0.15) is 44.9 Å². The summed E-state index contributed by atoms with van der Waals surface area (Å²) in [6.45, 7) is 3.06. The van der Waals surface area contributed by atoms with Gasteiger partial charge in [0.2, 0.25) is 23.4 Å². The topological polar surface area (TPSA) is 114 Å². The Morgan fingerprint density at radius 1 is 1.24 bits per heavy atom. The van der Waals surface area contributed by atoms with Gasteiger partial charge >= 0.3 is 0 Å². The Kier molecular flexibility index (Phi) is 7.82. The van der Waals surface area contributed by atoms with Crippen molar-refractivity contribution in [1.82, 2.24) is 25.4 Å². The monoisotopic (exact) mass is 483 g/mol. The summed E-state index contributed by atoms with van der Waals surface area (Å²) in [4.78, 5) is 36.0. The fourth-order valence-corrected chi connectivity index (χ4v) is 5.45. The second kappa shape index (κ2) is 10.8. The standard InChI is InChI=1S/C21H31ClFN7O3/c22-21-24-18(17(23)19(25-21)29-9-8-28-7-3-6-16(28)12-29)26-27-20(32)15(11-30(33)13-31)10-14-4-1-2-5-14/h13-16,33H,1-12H2,(H,27,32)(H,24,25,26)/t15-,16-/m0/s1. The van der Waals surface area contributed by atoms with Gasteiger partial charge in [-0.15, -0.1) is 0 Å². The number of rotatable bonds is 9. The smallest absolute Gasteiger partial charge is 0.243 e. The van der Waals surface area contributed by atoms with Gasteiger partial charge in [-0.2, -0.15) is 14.4 Å². The normalized spacial score (nSPS) is 22.2. The number of anilines is 2. The molecular weight excluding hydrogens is 453 g/mol. The number of nitrogens with zero attached hydrogens (tertiary/aromatic N) is 5. The summed E-state index contributed by atoms with van der Waals surface area (Å²) in [5.41, 5.74) is 5.02. The van der Waals surface area contributed by atoms with E-state index in [9.17, 15) is 14.8 Å². The van der Waals surface area contributed by atoms with Crippen molar-refractivity contribution in [2.24, 2.45) is 11.8 Å². The number of carbonyl (C=O) groups is 2. The predicted molar refractivity (Wildman–Crippen MR) is 120 cm³/mol. The Balaban J connectivity index is 1.42. The molecule has 1 aliphatic carbocycles. The van der Waals surface area contributed by atoms with Gasteiger partial charge in [-0.25, -0.2) is 5.06 Å². The molecule has 2 aliphatic heterocycles. The van der Waals surface area contributed by atoms with Gasteiger partial charge < -0.3 is 4.90 Å². The maximum atomic E-state index is 15.3. The summed E-state index contributed by atoms with van der Waals surface area (Å²) < 4.78 is 15.3. The maximum Gasteiger partial charge on any atom is 0.243 e. The Labute approximate surface area is 197 Å². The zero-order valence-electron chi connectivity index (χ0n) is 18.6. The van der Waals surface area contributed by atoms with Crippen LogP contribution >= 0.6 is 11.6 Å². The van der Waals surface area contributed by atoms with Gasteiger partial charge in [0.05, 0.1) is 12.5 Å². The van der Waals surface area contributed by atoms with Crippen molar-refractivity contribution in [1.29, 1.82) is 0 Å². The molecule has 33 heavy (non-hydrogen) atoms. The number of amides is 2. The number of hydrogen-bond donors (Lipinski definition) is 3. The van der Waals surface area contributed by atoms with Crippen LogP contribution in [-0.2, 0) is 9.59 Å². The van der Waals surface area contributed by atoms with Crippen molar-refractivity contribution in [3.63, 3.8) is 0 Å². The Hall–Kier alpha value is -2.24. The second-order valence-electron chi connectivity index (χ2n) is 9.18. The van der Waals surface area contributed by atoms with Gasteiger partial charge in [0.1, 0.15) is 0 Å². The lowest BCUT2D eigenvalue weighted by Crippen LogP contribution is -2.50. The van der Waals surface area contributed by atoms with Crippen LogP contribution in [0.15, 0.2) is 0 Å². The van der Waals surface area contributed by atoms with Crippen molar-refractivity contribution in [3.05, 3.63) is 11.1 Å². The van der Waals surface area contributed by atoms with E-state index in [1.54, 1.807) is 0 Å². The number of fused-ring (bicyclic) bond motifs is 1. The van der Waals surface area contributed by atoms with E-state index in [1.807, 2.05) is 4.90 Å². The van der Waals surface area contributed by atoms with Gasteiger partial charge in [-0.05, 0) is 43.3 Å². The fourth-order valence-electron chi connectivity index (χ4n) is 5.29. The number of nitrogens with one attached hydrogen (secondary N) is 2. The van der Waals surface area contributed by atoms with E-state index in [0.29, 0.717) is 36.5 Å². The Morgan fingerprint density at radius 2 is 2.03 bits per heavy atom. The molecule has 10 nitrogen and oxygen atoms in total. The van der Waals surface area contributed by atoms with E-state index < -0.39 is 17.6 Å². The molecule has 0 bridgehead atoms. The third-order valence-electron chi connectivity index (χ3n) is 6.99. The van der Waals surface area contributed by atoms with Crippen LogP contribution in [-0.4, -0.2) is 76.2 Å². The van der Waals surface area contributed by atoms with Crippen molar-refractivity contribution in [3.8, 4) is 0 Å². The number of hydroxylamine groups is 2. The summed E-state index contributed by atoms with van der Waals surface area (Å²) in [6.07, 6.45) is 7.25. The lowest BCUT2D eigenvalue weighted by molar-refractivity contribution is -0.154. The third-order valence-corrected chi connectivity index (χ3v) is 7.16. The number of carbonyl (C=O) groups excluding carboxylic acids is 2. The Bertz CT molecular complexity index is 857. The van der Waals surface area contributed by atoms with E-state index in [2.05, 4.69) is 25.7 Å². The van der Waals surface area contributed by atoms with Crippen LogP contribution in [0.4, 0.5) is 16.0 Å². The van der Waals surface area contributed by atoms with Gasteiger partial charge in [-0.3, -0.25) is 30.5 Å². The molecule has 1 saturated carbocycles. The molecular formula is C21H31ClFN7O3. The van der Waals surface area contributed by atoms with Crippen LogP contribution in [0, 0.1) is 17.7 Å². The van der Waals surface area contributed by atoms with Crippen LogP contribution in [0.5, 0.6) is 0 Å². The molecule has 12 heteroatoms. The first kappa shape index (κ1) is 23.9. The minimum absolute atomic E-state index is 0.114. The van der Waals surface area contributed by atoms with Gasteiger partial charge in [0.25, 0.3) is 0 Å². The maximum absolute atomic E-state index is 15.3. The first-order valence-corrected chi connectivity index (χ1v) is 12.0. The molecule has 2 atom stereocenters. The lowest BCUT2D eigenvalue weighted by atomic mass is 9.92. The first-order chi connectivity index (χ1) is 15.9. The van der Waals surface area contributed by atoms with Gasteiger partial charge in [-0.1, -0.05) is 25.7 Å². The highest BCUT2D eigenvalue weighted by molar-refractivity contribution is 6.28. The quantitative estimate of drug-likeness (QED) is 0.212. The number of hydrogen-bond acceptors (Lipinski definition) is 8. The molecule has 1 aromatic heterocycles. The molecule has 3 heterocycles. The summed E-state index contributed by atoms with van der Waals surface area (Å²) in [5.74, 6) is -1.54. The molecule has 2 amide bonds. The zero-order valence-corrected chi connectivity index (χ0v) is 19.3. The molecule has 1 aromatic rings. The molecule has 0 aromatic carbocycles. The summed E-state index contributed by atoms with van der Waals surface area (Å²) in [5, 5.41) is 9.96. The van der Waals surface area contributed by atoms with Gasteiger partial charge in [0.15, 0.2) is 11.6 Å². The number of aromatic nitrogens is 2. The molecule has 0 radical (unpaired) electrons. The molecule has 2 saturated heterocycles. The highest BCUT2D eigenvalue weighted by Crippen LogP contribution is 2.31. The van der Waals surface area contributed by atoms with E-state index in [4.69, 9.17) is 11.6 Å². The van der Waals surface area contributed by atoms with E-state index in [1.165, 1.54) is 0 Å². The lowest BCUT2D eigenvalue weighted by Gasteiger charge is -2.38. The zero-order chi connectivity index (χ0) is 23.4. The average molecular weight is 484 g/mol. The van der Waals surface area contributed by atoms with Crippen molar-refractivity contribution in [2.45, 2.75) is 51.0 Å². The molecule has 3 N–H and O–H groups in total. The van der Waals surface area contributed by atoms with Crippen molar-refractivity contribution in [2.75, 3.05) is 43.0 Å². The SMILES string of the molecule is O=CN(O)C[C@H](CC1CCCC1)C(=O)NNc1nc(Cl)nc(N2CCN3CCC[C@H]3C2)c1F. The predicted octanol–water partition coefficient (Wildman–Crippen LogP) is 2.04. The third kappa shape index (κ3) is 5.82. The molecule has 0 unspecified atom stereocenters. The second-order valence-corrected chi connectivity index (χ2v) is 9.52. The minimum Gasteiger partial charge on any atom is -0.351 e. The highest BCUT2D eigenvalue weighted by atomic mass is 35.5. The summed E-state index contributed by atoms with van der Waals surface area (Å²) in [6, 6.07) is 0.374. The molecule has 182 valence electrons. The first-order valence-electron chi connectivity index (χ1n) is 11.6. The molecule has 4 rings (SSSR count). The number of piperazine rings is 1. The van der Waals surface area contributed by atoms with Crippen LogP contribution in [0.25, 0.3) is 0 Å². The summed E-state index contributed by atoms with van der Waals surface area (Å²) in [7, 11) is 0. The van der Waals surface area contributed by atoms with E-state index in [0.717, 1.165) is 51.6 Å². The van der Waals surface area contributed by atoms with Crippen LogP contribution in [0.3, 0.4) is 0 Å². The minimum atomic E-state index is -0.685. The van der Waals surface area contributed by atoms with Crippen LogP contribution in [0.2, 0.25) is 5.28 Å². The Morgan fingerprint density at radius 3 is 2.79 bits per heavy atom. The number of hydrazine groups is 1.